The van der Waals surface area contributed by atoms with E-state index < -0.39 is 12.1 Å². The third kappa shape index (κ3) is 3.20. The summed E-state index contributed by atoms with van der Waals surface area (Å²) in [7, 11) is 0. The van der Waals surface area contributed by atoms with Crippen LogP contribution in [0.5, 0.6) is 0 Å². The van der Waals surface area contributed by atoms with E-state index in [1.807, 2.05) is 36.4 Å². The Morgan fingerprint density at radius 2 is 1.92 bits per heavy atom. The van der Waals surface area contributed by atoms with E-state index in [1.165, 1.54) is 17.7 Å². The van der Waals surface area contributed by atoms with E-state index in [4.69, 9.17) is 0 Å². The minimum absolute atomic E-state index is 0.0356. The molecule has 1 fully saturated rings. The molecule has 130 valence electrons. The van der Waals surface area contributed by atoms with E-state index in [0.29, 0.717) is 18.8 Å². The lowest BCUT2D eigenvalue weighted by Gasteiger charge is -2.34. The maximum absolute atomic E-state index is 13.1. The molecule has 0 saturated carbocycles. The Morgan fingerprint density at radius 1 is 1.12 bits per heavy atom. The molecule has 1 saturated heterocycles. The van der Waals surface area contributed by atoms with Crippen molar-refractivity contribution in [2.24, 2.45) is 5.92 Å². The van der Waals surface area contributed by atoms with Crippen molar-refractivity contribution in [1.29, 1.82) is 0 Å². The van der Waals surface area contributed by atoms with Crippen LogP contribution in [0.15, 0.2) is 42.7 Å². The minimum Gasteiger partial charge on any atom is -0.355 e. The molecule has 3 nitrogen and oxygen atoms in total. The molecule has 0 spiro atoms. The summed E-state index contributed by atoms with van der Waals surface area (Å²) in [6.07, 6.45) is -2.01. The number of benzene rings is 1. The first-order valence-corrected chi connectivity index (χ1v) is 8.95. The summed E-state index contributed by atoms with van der Waals surface area (Å²) in [4.78, 5) is 12.2. The molecule has 1 aliphatic rings. The van der Waals surface area contributed by atoms with Crippen molar-refractivity contribution in [3.8, 4) is 10.4 Å². The second-order valence-electron chi connectivity index (χ2n) is 6.22. The molecule has 4 rings (SSSR count). The van der Waals surface area contributed by atoms with Crippen LogP contribution < -0.4 is 4.90 Å². The van der Waals surface area contributed by atoms with Crippen LogP contribution in [0.4, 0.5) is 19.0 Å². The maximum Gasteiger partial charge on any atom is 0.393 e. The first-order chi connectivity index (χ1) is 12.0. The predicted molar refractivity (Wildman–Crippen MR) is 93.8 cm³/mol. The van der Waals surface area contributed by atoms with Crippen LogP contribution in [0.2, 0.25) is 0 Å². The third-order valence-corrected chi connectivity index (χ3v) is 5.64. The van der Waals surface area contributed by atoms with E-state index in [2.05, 4.69) is 9.97 Å². The van der Waals surface area contributed by atoms with E-state index in [9.17, 15) is 13.2 Å². The van der Waals surface area contributed by atoms with E-state index in [0.717, 1.165) is 20.7 Å². The molecular weight excluding hydrogens is 347 g/mol. The summed E-state index contributed by atoms with van der Waals surface area (Å²) in [5.41, 5.74) is 1.07. The fraction of sp³-hybridized carbons (Fsp3) is 0.333. The number of anilines is 1. The van der Waals surface area contributed by atoms with Crippen LogP contribution in [0.3, 0.4) is 0 Å². The molecule has 0 unspecified atom stereocenters. The zero-order chi connectivity index (χ0) is 17.4. The van der Waals surface area contributed by atoms with Gasteiger partial charge in [0.25, 0.3) is 0 Å². The van der Waals surface area contributed by atoms with Gasteiger partial charge in [0.1, 0.15) is 17.0 Å². The average molecular weight is 363 g/mol. The van der Waals surface area contributed by atoms with Gasteiger partial charge in [0.2, 0.25) is 0 Å². The van der Waals surface area contributed by atoms with Gasteiger partial charge in [-0.3, -0.25) is 0 Å². The van der Waals surface area contributed by atoms with Gasteiger partial charge in [-0.05, 0) is 24.5 Å². The molecular formula is C18H16F3N3S. The number of fused-ring (bicyclic) bond motifs is 1. The van der Waals surface area contributed by atoms with Gasteiger partial charge in [0.05, 0.1) is 11.3 Å². The summed E-state index contributed by atoms with van der Waals surface area (Å²) >= 11 is 1.53. The summed E-state index contributed by atoms with van der Waals surface area (Å²) in [6.45, 7) is 0.557. The van der Waals surface area contributed by atoms with Crippen molar-refractivity contribution in [1.82, 2.24) is 9.97 Å². The van der Waals surface area contributed by atoms with Crippen molar-refractivity contribution in [3.05, 3.63) is 42.7 Å². The molecule has 0 N–H and O–H groups in total. The van der Waals surface area contributed by atoms with Crippen LogP contribution in [-0.2, 0) is 0 Å². The molecule has 7 heteroatoms. The Balaban J connectivity index is 1.71. The summed E-state index contributed by atoms with van der Waals surface area (Å²) in [5, 5.41) is 0.828. The van der Waals surface area contributed by atoms with Crippen molar-refractivity contribution in [3.63, 3.8) is 0 Å². The summed E-state index contributed by atoms with van der Waals surface area (Å²) in [6, 6.07) is 11.9. The van der Waals surface area contributed by atoms with Gasteiger partial charge in [0, 0.05) is 18.0 Å². The number of piperidine rings is 1. The Morgan fingerprint density at radius 3 is 2.68 bits per heavy atom. The summed E-state index contributed by atoms with van der Waals surface area (Å²) < 4.78 is 39.3. The Hall–Kier alpha value is -2.15. The smallest absolute Gasteiger partial charge is 0.355 e. The minimum atomic E-state index is -4.16. The number of nitrogens with zero attached hydrogens (tertiary/aromatic N) is 3. The number of alkyl halides is 3. The Bertz CT molecular complexity index is 876. The highest BCUT2D eigenvalue weighted by atomic mass is 32.1. The van der Waals surface area contributed by atoms with Gasteiger partial charge in [0.15, 0.2) is 0 Å². The van der Waals surface area contributed by atoms with Crippen LogP contribution >= 0.6 is 11.3 Å². The van der Waals surface area contributed by atoms with Crippen molar-refractivity contribution < 1.29 is 13.2 Å². The van der Waals surface area contributed by atoms with Crippen molar-refractivity contribution in [2.75, 3.05) is 18.0 Å². The van der Waals surface area contributed by atoms with Crippen LogP contribution in [0.25, 0.3) is 20.7 Å². The molecule has 3 aromatic rings. The van der Waals surface area contributed by atoms with E-state index in [1.54, 1.807) is 4.90 Å². The largest absolute Gasteiger partial charge is 0.393 e. The quantitative estimate of drug-likeness (QED) is 0.631. The molecule has 25 heavy (non-hydrogen) atoms. The Labute approximate surface area is 147 Å². The maximum atomic E-state index is 13.1. The normalized spacial score (nSPS) is 18.7. The topological polar surface area (TPSA) is 29.0 Å². The number of hydrogen-bond acceptors (Lipinski definition) is 4. The second-order valence-corrected chi connectivity index (χ2v) is 7.25. The first kappa shape index (κ1) is 16.3. The van der Waals surface area contributed by atoms with E-state index in [-0.39, 0.29) is 13.0 Å². The SMILES string of the molecule is FC(F)(F)[C@@H]1CCCN(c2ncnc3sc(-c4ccccc4)cc23)C1. The number of hydrogen-bond donors (Lipinski definition) is 0. The molecule has 2 aromatic heterocycles. The molecule has 0 amide bonds. The fourth-order valence-corrected chi connectivity index (χ4v) is 4.28. The highest BCUT2D eigenvalue weighted by Crippen LogP contribution is 2.39. The lowest BCUT2D eigenvalue weighted by molar-refractivity contribution is -0.176. The monoisotopic (exact) mass is 363 g/mol. The zero-order valence-electron chi connectivity index (χ0n) is 13.3. The lowest BCUT2D eigenvalue weighted by Crippen LogP contribution is -2.42. The van der Waals surface area contributed by atoms with Crippen LogP contribution in [-0.4, -0.2) is 29.2 Å². The predicted octanol–water partition coefficient (Wildman–Crippen LogP) is 5.14. The fourth-order valence-electron chi connectivity index (χ4n) is 3.28. The molecule has 1 aromatic carbocycles. The lowest BCUT2D eigenvalue weighted by atomic mass is 9.97. The van der Waals surface area contributed by atoms with Crippen molar-refractivity contribution >= 4 is 27.4 Å². The third-order valence-electron chi connectivity index (χ3n) is 4.55. The second kappa shape index (κ2) is 6.29. The number of halogens is 3. The Kier molecular flexibility index (Phi) is 4.11. The van der Waals surface area contributed by atoms with Crippen LogP contribution in [0.1, 0.15) is 12.8 Å². The molecule has 0 radical (unpaired) electrons. The van der Waals surface area contributed by atoms with Gasteiger partial charge < -0.3 is 4.90 Å². The van der Waals surface area contributed by atoms with Crippen LogP contribution in [0, 0.1) is 5.92 Å². The highest BCUT2D eigenvalue weighted by molar-refractivity contribution is 7.21. The van der Waals surface area contributed by atoms with Gasteiger partial charge in [-0.2, -0.15) is 13.2 Å². The van der Waals surface area contributed by atoms with E-state index >= 15 is 0 Å². The molecule has 1 atom stereocenters. The standard InChI is InChI=1S/C18H16F3N3S/c19-18(20,21)13-7-4-8-24(10-13)16-14-9-15(12-5-2-1-3-6-12)25-17(14)23-11-22-16/h1-3,5-6,9,11,13H,4,7-8,10H2/t13-/m1/s1. The molecule has 0 bridgehead atoms. The molecule has 3 heterocycles. The van der Waals surface area contributed by atoms with Crippen molar-refractivity contribution in [2.45, 2.75) is 19.0 Å². The van der Waals surface area contributed by atoms with Gasteiger partial charge >= 0.3 is 6.18 Å². The highest BCUT2D eigenvalue weighted by Gasteiger charge is 2.42. The van der Waals surface area contributed by atoms with Gasteiger partial charge in [-0.1, -0.05) is 30.3 Å². The average Bonchev–Trinajstić information content (AvgIpc) is 3.06. The molecule has 0 aliphatic carbocycles. The first-order valence-electron chi connectivity index (χ1n) is 8.14. The zero-order valence-corrected chi connectivity index (χ0v) is 14.1. The number of aromatic nitrogens is 2. The number of rotatable bonds is 2. The molecule has 1 aliphatic heterocycles. The number of thiophene rings is 1. The van der Waals surface area contributed by atoms with Gasteiger partial charge in [-0.25, -0.2) is 9.97 Å². The van der Waals surface area contributed by atoms with Gasteiger partial charge in [-0.15, -0.1) is 11.3 Å². The summed E-state index contributed by atoms with van der Waals surface area (Å²) in [5.74, 6) is -0.684.